The lowest BCUT2D eigenvalue weighted by Gasteiger charge is -2.17. The number of anilines is 3. The number of benzene rings is 4. The average Bonchev–Trinajstić information content (AvgIpc) is 3.15. The van der Waals surface area contributed by atoms with Gasteiger partial charge >= 0.3 is 0 Å². The standard InChI is InChI=1S/C27H25N3O5S2/c1-15-8-10-21(17(3)12-15)29-36(32,33)23-14-24(26-25-19(23)6-5-7-20(25)27(31)28-26)37(34,35)30-22-11-9-16(2)13-18(22)4/h5-14,29-30H,1-4H3,(H,28,31). The molecule has 0 aromatic heterocycles. The van der Waals surface area contributed by atoms with Crippen molar-refractivity contribution in [3.05, 3.63) is 88.5 Å². The zero-order valence-electron chi connectivity index (χ0n) is 20.6. The van der Waals surface area contributed by atoms with Gasteiger partial charge in [0.15, 0.2) is 0 Å². The van der Waals surface area contributed by atoms with Gasteiger partial charge in [-0.2, -0.15) is 0 Å². The Kier molecular flexibility index (Phi) is 5.76. The van der Waals surface area contributed by atoms with Gasteiger partial charge in [-0.25, -0.2) is 16.8 Å². The predicted molar refractivity (Wildman–Crippen MR) is 145 cm³/mol. The lowest BCUT2D eigenvalue weighted by Crippen LogP contribution is -2.19. The lowest BCUT2D eigenvalue weighted by molar-refractivity contribution is 0.103. The van der Waals surface area contributed by atoms with Gasteiger partial charge in [-0.3, -0.25) is 14.2 Å². The first kappa shape index (κ1) is 24.8. The predicted octanol–water partition coefficient (Wildman–Crippen LogP) is 5.24. The first-order valence-electron chi connectivity index (χ1n) is 11.5. The van der Waals surface area contributed by atoms with Crippen molar-refractivity contribution >= 4 is 53.8 Å². The molecule has 4 aromatic rings. The molecule has 0 atom stereocenters. The van der Waals surface area contributed by atoms with Crippen molar-refractivity contribution in [3.63, 3.8) is 0 Å². The molecule has 37 heavy (non-hydrogen) atoms. The number of hydrogen-bond acceptors (Lipinski definition) is 5. The van der Waals surface area contributed by atoms with Gasteiger partial charge in [-0.15, -0.1) is 0 Å². The van der Waals surface area contributed by atoms with Crippen molar-refractivity contribution in [1.29, 1.82) is 0 Å². The second kappa shape index (κ2) is 8.60. The molecule has 3 N–H and O–H groups in total. The summed E-state index contributed by atoms with van der Waals surface area (Å²) in [5.41, 5.74) is 4.35. The maximum atomic E-state index is 13.7. The number of amides is 1. The van der Waals surface area contributed by atoms with E-state index in [0.717, 1.165) is 22.8 Å². The Morgan fingerprint density at radius 3 is 1.76 bits per heavy atom. The van der Waals surface area contributed by atoms with E-state index in [-0.39, 0.29) is 31.8 Å². The summed E-state index contributed by atoms with van der Waals surface area (Å²) in [6.45, 7) is 7.35. The number of carbonyl (C=O) groups excluding carboxylic acids is 1. The second-order valence-corrected chi connectivity index (χ2v) is 12.6. The van der Waals surface area contributed by atoms with Crippen LogP contribution in [0.3, 0.4) is 0 Å². The molecule has 10 heteroatoms. The third-order valence-electron chi connectivity index (χ3n) is 6.40. The Hall–Kier alpha value is -3.89. The average molecular weight is 536 g/mol. The van der Waals surface area contributed by atoms with E-state index in [1.807, 2.05) is 26.0 Å². The lowest BCUT2D eigenvalue weighted by atomic mass is 10.1. The molecule has 5 rings (SSSR count). The molecule has 0 radical (unpaired) electrons. The van der Waals surface area contributed by atoms with Gasteiger partial charge in [-0.1, -0.05) is 47.5 Å². The van der Waals surface area contributed by atoms with Crippen molar-refractivity contribution in [3.8, 4) is 0 Å². The number of carbonyl (C=O) groups is 1. The summed E-state index contributed by atoms with van der Waals surface area (Å²) in [5.74, 6) is -0.500. The summed E-state index contributed by atoms with van der Waals surface area (Å²) >= 11 is 0. The molecular weight excluding hydrogens is 510 g/mol. The van der Waals surface area contributed by atoms with Gasteiger partial charge in [0.25, 0.3) is 26.0 Å². The Balaban J connectivity index is 1.72. The van der Waals surface area contributed by atoms with Crippen LogP contribution < -0.4 is 14.8 Å². The molecule has 8 nitrogen and oxygen atoms in total. The van der Waals surface area contributed by atoms with Crippen molar-refractivity contribution in [2.24, 2.45) is 0 Å². The van der Waals surface area contributed by atoms with E-state index in [1.165, 1.54) is 6.07 Å². The van der Waals surface area contributed by atoms with Gasteiger partial charge in [0.05, 0.1) is 22.0 Å². The Morgan fingerprint density at radius 2 is 1.22 bits per heavy atom. The molecule has 1 amide bonds. The SMILES string of the molecule is Cc1ccc(NS(=O)(=O)c2cc(S(=O)(=O)Nc3ccc(C)cc3C)c3cccc4c3c2NC4=O)c(C)c1. The number of nitrogens with one attached hydrogen (secondary N) is 3. The van der Waals surface area contributed by atoms with Gasteiger partial charge < -0.3 is 5.32 Å². The normalized spacial score (nSPS) is 13.0. The molecule has 0 saturated carbocycles. The summed E-state index contributed by atoms with van der Waals surface area (Å²) in [5, 5.41) is 3.12. The molecule has 1 heterocycles. The molecule has 0 fully saturated rings. The summed E-state index contributed by atoms with van der Waals surface area (Å²) in [4.78, 5) is 12.1. The maximum Gasteiger partial charge on any atom is 0.264 e. The van der Waals surface area contributed by atoms with E-state index in [0.29, 0.717) is 16.9 Å². The third kappa shape index (κ3) is 4.32. The van der Waals surface area contributed by atoms with Crippen LogP contribution in [-0.2, 0) is 20.0 Å². The molecule has 4 aromatic carbocycles. The number of aryl methyl sites for hydroxylation is 4. The van der Waals surface area contributed by atoms with E-state index in [4.69, 9.17) is 0 Å². The molecule has 0 unspecified atom stereocenters. The molecule has 190 valence electrons. The van der Waals surface area contributed by atoms with Crippen molar-refractivity contribution < 1.29 is 21.6 Å². The topological polar surface area (TPSA) is 121 Å². The highest BCUT2D eigenvalue weighted by Crippen LogP contribution is 2.42. The van der Waals surface area contributed by atoms with Gasteiger partial charge in [0, 0.05) is 16.3 Å². The maximum absolute atomic E-state index is 13.7. The highest BCUT2D eigenvalue weighted by molar-refractivity contribution is 7.93. The van der Waals surface area contributed by atoms with Gasteiger partial charge in [0.2, 0.25) is 0 Å². The van der Waals surface area contributed by atoms with E-state index in [2.05, 4.69) is 14.8 Å². The fraction of sp³-hybridized carbons (Fsp3) is 0.148. The zero-order chi connectivity index (χ0) is 26.7. The van der Waals surface area contributed by atoms with Crippen LogP contribution in [0.4, 0.5) is 17.1 Å². The van der Waals surface area contributed by atoms with Crippen LogP contribution in [0.2, 0.25) is 0 Å². The number of hydrogen-bond donors (Lipinski definition) is 3. The Bertz CT molecular complexity index is 1850. The van der Waals surface area contributed by atoms with E-state index in [1.54, 1.807) is 50.2 Å². The van der Waals surface area contributed by atoms with E-state index < -0.39 is 26.0 Å². The highest BCUT2D eigenvalue weighted by Gasteiger charge is 2.34. The molecule has 0 saturated heterocycles. The quantitative estimate of drug-likeness (QED) is 0.312. The molecular formula is C27H25N3O5S2. The molecule has 1 aliphatic rings. The smallest absolute Gasteiger partial charge is 0.264 e. The summed E-state index contributed by atoms with van der Waals surface area (Å²) in [7, 11) is -8.55. The van der Waals surface area contributed by atoms with E-state index >= 15 is 0 Å². The van der Waals surface area contributed by atoms with Gasteiger partial charge in [0.1, 0.15) is 4.90 Å². The highest BCUT2D eigenvalue weighted by atomic mass is 32.2. The minimum Gasteiger partial charge on any atom is -0.320 e. The fourth-order valence-electron chi connectivity index (χ4n) is 4.60. The molecule has 0 bridgehead atoms. The number of rotatable bonds is 6. The minimum atomic E-state index is -4.30. The molecule has 1 aliphatic heterocycles. The van der Waals surface area contributed by atoms with Crippen molar-refractivity contribution in [1.82, 2.24) is 0 Å². The van der Waals surface area contributed by atoms with E-state index in [9.17, 15) is 21.6 Å². The molecule has 0 spiro atoms. The second-order valence-electron chi connectivity index (χ2n) is 9.28. The summed E-state index contributed by atoms with van der Waals surface area (Å²) < 4.78 is 59.8. The summed E-state index contributed by atoms with van der Waals surface area (Å²) in [6, 6.07) is 16.3. The van der Waals surface area contributed by atoms with Crippen molar-refractivity contribution in [2.45, 2.75) is 37.5 Å². The van der Waals surface area contributed by atoms with Crippen LogP contribution in [-0.4, -0.2) is 22.7 Å². The fourth-order valence-corrected chi connectivity index (χ4v) is 7.36. The summed E-state index contributed by atoms with van der Waals surface area (Å²) in [6.07, 6.45) is 0. The number of sulfonamides is 2. The largest absolute Gasteiger partial charge is 0.320 e. The van der Waals surface area contributed by atoms with Crippen LogP contribution in [0.15, 0.2) is 70.5 Å². The van der Waals surface area contributed by atoms with Crippen molar-refractivity contribution in [2.75, 3.05) is 14.8 Å². The monoisotopic (exact) mass is 535 g/mol. The van der Waals surface area contributed by atoms with Crippen LogP contribution >= 0.6 is 0 Å². The van der Waals surface area contributed by atoms with Crippen LogP contribution in [0.1, 0.15) is 32.6 Å². The van der Waals surface area contributed by atoms with Gasteiger partial charge in [-0.05, 0) is 63.1 Å². The van der Waals surface area contributed by atoms with Crippen LogP contribution in [0, 0.1) is 27.7 Å². The van der Waals surface area contributed by atoms with Crippen LogP contribution in [0.5, 0.6) is 0 Å². The Morgan fingerprint density at radius 1 is 0.676 bits per heavy atom. The molecule has 0 aliphatic carbocycles. The Labute approximate surface area is 215 Å². The minimum absolute atomic E-state index is 0.0540. The first-order valence-corrected chi connectivity index (χ1v) is 14.5. The van der Waals surface area contributed by atoms with Crippen LogP contribution in [0.25, 0.3) is 10.8 Å². The zero-order valence-corrected chi connectivity index (χ0v) is 22.3. The first-order chi connectivity index (χ1) is 17.4. The third-order valence-corrected chi connectivity index (χ3v) is 9.20.